The summed E-state index contributed by atoms with van der Waals surface area (Å²) in [6, 6.07) is 0. The molecular formula is C11H14F2. The van der Waals surface area contributed by atoms with Crippen molar-refractivity contribution < 1.29 is 8.78 Å². The molecule has 2 heteroatoms. The van der Waals surface area contributed by atoms with Crippen LogP contribution < -0.4 is 0 Å². The minimum Gasteiger partial charge on any atom is -0.206 e. The third-order valence-electron chi connectivity index (χ3n) is 2.62. The predicted molar refractivity (Wildman–Crippen MR) is 49.9 cm³/mol. The van der Waals surface area contributed by atoms with Gasteiger partial charge in [-0.1, -0.05) is 6.92 Å². The summed E-state index contributed by atoms with van der Waals surface area (Å²) in [4.78, 5) is 0. The number of rotatable bonds is 1. The van der Waals surface area contributed by atoms with E-state index in [2.05, 4.69) is 0 Å². The molecule has 72 valence electrons. The highest BCUT2D eigenvalue weighted by Crippen LogP contribution is 2.24. The summed E-state index contributed by atoms with van der Waals surface area (Å²) in [7, 11) is 0. The van der Waals surface area contributed by atoms with Crippen molar-refractivity contribution in [3.8, 4) is 0 Å². The Morgan fingerprint density at radius 3 is 1.77 bits per heavy atom. The lowest BCUT2D eigenvalue weighted by molar-refractivity contribution is 0.564. The quantitative estimate of drug-likeness (QED) is 0.627. The highest BCUT2D eigenvalue weighted by Gasteiger charge is 2.15. The van der Waals surface area contributed by atoms with Gasteiger partial charge in [0.15, 0.2) is 0 Å². The maximum absolute atomic E-state index is 13.5. The average Bonchev–Trinajstić information content (AvgIpc) is 2.13. The van der Waals surface area contributed by atoms with Crippen LogP contribution in [0.5, 0.6) is 0 Å². The molecular weight excluding hydrogens is 170 g/mol. The van der Waals surface area contributed by atoms with Crippen LogP contribution in [0.15, 0.2) is 0 Å². The molecule has 0 atom stereocenters. The molecule has 0 aliphatic carbocycles. The second-order valence-electron chi connectivity index (χ2n) is 3.34. The van der Waals surface area contributed by atoms with Crippen molar-refractivity contribution in [1.29, 1.82) is 0 Å². The fourth-order valence-electron chi connectivity index (χ4n) is 1.55. The molecule has 0 fully saturated rings. The summed E-state index contributed by atoms with van der Waals surface area (Å²) in [5, 5.41) is 0. The van der Waals surface area contributed by atoms with E-state index < -0.39 is 0 Å². The first-order valence-electron chi connectivity index (χ1n) is 4.44. The van der Waals surface area contributed by atoms with Crippen molar-refractivity contribution in [3.05, 3.63) is 33.9 Å². The molecule has 1 aromatic rings. The number of hydrogen-bond acceptors (Lipinski definition) is 0. The van der Waals surface area contributed by atoms with Gasteiger partial charge >= 0.3 is 0 Å². The molecule has 1 rings (SSSR count). The van der Waals surface area contributed by atoms with E-state index in [4.69, 9.17) is 0 Å². The Morgan fingerprint density at radius 1 is 0.846 bits per heavy atom. The van der Waals surface area contributed by atoms with Gasteiger partial charge in [0.05, 0.1) is 0 Å². The molecule has 1 aromatic carbocycles. The molecule has 0 amide bonds. The maximum Gasteiger partial charge on any atom is 0.130 e. The van der Waals surface area contributed by atoms with Gasteiger partial charge in [0.25, 0.3) is 0 Å². The van der Waals surface area contributed by atoms with Crippen molar-refractivity contribution in [1.82, 2.24) is 0 Å². The van der Waals surface area contributed by atoms with E-state index in [1.165, 1.54) is 0 Å². The van der Waals surface area contributed by atoms with Gasteiger partial charge in [-0.3, -0.25) is 0 Å². The van der Waals surface area contributed by atoms with E-state index in [0.717, 1.165) is 0 Å². The molecule has 0 saturated carbocycles. The number of halogens is 2. The van der Waals surface area contributed by atoms with Crippen LogP contribution in [0, 0.1) is 32.4 Å². The summed E-state index contributed by atoms with van der Waals surface area (Å²) < 4.78 is 27.0. The van der Waals surface area contributed by atoms with Crippen molar-refractivity contribution in [2.45, 2.75) is 34.1 Å². The van der Waals surface area contributed by atoms with Crippen molar-refractivity contribution >= 4 is 0 Å². The molecule has 0 aromatic heterocycles. The molecule has 0 nitrogen and oxygen atoms in total. The summed E-state index contributed by atoms with van der Waals surface area (Å²) in [5.41, 5.74) is 1.80. The van der Waals surface area contributed by atoms with Crippen molar-refractivity contribution in [2.75, 3.05) is 0 Å². The van der Waals surface area contributed by atoms with Crippen LogP contribution in [0.25, 0.3) is 0 Å². The topological polar surface area (TPSA) is 0 Å². The van der Waals surface area contributed by atoms with E-state index in [9.17, 15) is 8.78 Å². The summed E-state index contributed by atoms with van der Waals surface area (Å²) >= 11 is 0. The Bertz CT molecular complexity index is 311. The average molecular weight is 184 g/mol. The minimum absolute atomic E-state index is 0.251. The molecule has 0 saturated heterocycles. The predicted octanol–water partition coefficient (Wildman–Crippen LogP) is 3.45. The van der Waals surface area contributed by atoms with Gasteiger partial charge < -0.3 is 0 Å². The van der Waals surface area contributed by atoms with Gasteiger partial charge in [0, 0.05) is 0 Å². The first-order valence-corrected chi connectivity index (χ1v) is 4.44. The maximum atomic E-state index is 13.5. The minimum atomic E-state index is -0.268. The molecule has 0 aliphatic rings. The number of benzene rings is 1. The van der Waals surface area contributed by atoms with Crippen molar-refractivity contribution in [2.24, 2.45) is 0 Å². The van der Waals surface area contributed by atoms with E-state index in [1.807, 2.05) is 6.92 Å². The van der Waals surface area contributed by atoms with Gasteiger partial charge in [0.2, 0.25) is 0 Å². The Kier molecular flexibility index (Phi) is 2.69. The zero-order chi connectivity index (χ0) is 10.2. The Morgan fingerprint density at radius 2 is 1.31 bits per heavy atom. The van der Waals surface area contributed by atoms with E-state index in [-0.39, 0.29) is 11.6 Å². The fraction of sp³-hybridized carbons (Fsp3) is 0.455. The molecule has 13 heavy (non-hydrogen) atoms. The zero-order valence-corrected chi connectivity index (χ0v) is 8.46. The second-order valence-corrected chi connectivity index (χ2v) is 3.34. The largest absolute Gasteiger partial charge is 0.206 e. The van der Waals surface area contributed by atoms with Gasteiger partial charge in [-0.25, -0.2) is 8.78 Å². The Labute approximate surface area is 77.6 Å². The monoisotopic (exact) mass is 184 g/mol. The van der Waals surface area contributed by atoms with E-state index in [0.29, 0.717) is 28.7 Å². The van der Waals surface area contributed by atoms with Crippen molar-refractivity contribution in [3.63, 3.8) is 0 Å². The second kappa shape index (κ2) is 3.44. The molecule has 0 unspecified atom stereocenters. The smallest absolute Gasteiger partial charge is 0.130 e. The van der Waals surface area contributed by atoms with Crippen LogP contribution in [-0.4, -0.2) is 0 Å². The van der Waals surface area contributed by atoms with E-state index >= 15 is 0 Å². The third-order valence-corrected chi connectivity index (χ3v) is 2.62. The number of hydrogen-bond donors (Lipinski definition) is 0. The highest BCUT2D eigenvalue weighted by atomic mass is 19.1. The Hall–Kier alpha value is -0.920. The SMILES string of the molecule is CCc1c(C)c(F)c(C)c(C)c1F. The lowest BCUT2D eigenvalue weighted by Gasteiger charge is -2.12. The molecule has 0 heterocycles. The fourth-order valence-corrected chi connectivity index (χ4v) is 1.55. The van der Waals surface area contributed by atoms with Crippen LogP contribution in [-0.2, 0) is 6.42 Å². The molecule has 0 bridgehead atoms. The first-order chi connectivity index (χ1) is 6.00. The first kappa shape index (κ1) is 10.2. The molecule has 0 spiro atoms. The van der Waals surface area contributed by atoms with Crippen LogP contribution in [0.4, 0.5) is 8.78 Å². The molecule has 0 radical (unpaired) electrons. The van der Waals surface area contributed by atoms with Gasteiger partial charge in [-0.05, 0) is 49.4 Å². The van der Waals surface area contributed by atoms with Crippen LogP contribution >= 0.6 is 0 Å². The summed E-state index contributed by atoms with van der Waals surface area (Å²) in [5.74, 6) is -0.519. The normalized spacial score (nSPS) is 10.6. The van der Waals surface area contributed by atoms with E-state index in [1.54, 1.807) is 20.8 Å². The summed E-state index contributed by atoms with van der Waals surface area (Å²) in [6.45, 7) is 6.69. The van der Waals surface area contributed by atoms with Crippen LogP contribution in [0.1, 0.15) is 29.2 Å². The zero-order valence-electron chi connectivity index (χ0n) is 8.46. The van der Waals surface area contributed by atoms with Crippen LogP contribution in [0.3, 0.4) is 0 Å². The highest BCUT2D eigenvalue weighted by molar-refractivity contribution is 5.39. The van der Waals surface area contributed by atoms with Crippen LogP contribution in [0.2, 0.25) is 0 Å². The Balaban J connectivity index is 3.56. The standard InChI is InChI=1S/C11H14F2/c1-5-9-8(4)10(12)6(2)7(3)11(9)13/h5H2,1-4H3. The third kappa shape index (κ3) is 1.45. The van der Waals surface area contributed by atoms with Gasteiger partial charge in [-0.15, -0.1) is 0 Å². The van der Waals surface area contributed by atoms with Gasteiger partial charge in [-0.2, -0.15) is 0 Å². The molecule has 0 N–H and O–H groups in total. The lowest BCUT2D eigenvalue weighted by atomic mass is 9.97. The summed E-state index contributed by atoms with van der Waals surface area (Å²) in [6.07, 6.45) is 0.537. The lowest BCUT2D eigenvalue weighted by Crippen LogP contribution is -2.03. The van der Waals surface area contributed by atoms with Gasteiger partial charge in [0.1, 0.15) is 11.6 Å². The molecule has 0 aliphatic heterocycles.